The molecule has 1 aromatic rings. The molecular formula is C12H18ClN3O. The van der Waals surface area contributed by atoms with E-state index in [2.05, 4.69) is 15.0 Å². The van der Waals surface area contributed by atoms with Gasteiger partial charge in [0.2, 0.25) is 5.89 Å². The Morgan fingerprint density at radius 2 is 1.76 bits per heavy atom. The molecule has 2 heterocycles. The molecule has 0 radical (unpaired) electrons. The van der Waals surface area contributed by atoms with Gasteiger partial charge < -0.3 is 4.52 Å². The second-order valence-electron chi connectivity index (χ2n) is 4.71. The van der Waals surface area contributed by atoms with Gasteiger partial charge in [-0.05, 0) is 25.7 Å². The van der Waals surface area contributed by atoms with Crippen molar-refractivity contribution in [2.75, 3.05) is 13.1 Å². The molecule has 1 saturated heterocycles. The summed E-state index contributed by atoms with van der Waals surface area (Å²) in [5, 5.41) is 3.94. The summed E-state index contributed by atoms with van der Waals surface area (Å²) in [5.74, 6) is 1.48. The van der Waals surface area contributed by atoms with Crippen molar-refractivity contribution in [3.8, 4) is 0 Å². The summed E-state index contributed by atoms with van der Waals surface area (Å²) in [6.45, 7) is 4.96. The summed E-state index contributed by atoms with van der Waals surface area (Å²) in [7, 11) is 0. The molecule has 3 rings (SSSR count). The fourth-order valence-corrected chi connectivity index (χ4v) is 2.36. The van der Waals surface area contributed by atoms with Crippen molar-refractivity contribution >= 4 is 12.4 Å². The first kappa shape index (κ1) is 12.6. The molecule has 4 nitrogen and oxygen atoms in total. The Morgan fingerprint density at radius 3 is 2.29 bits per heavy atom. The van der Waals surface area contributed by atoms with Crippen LogP contribution in [0.2, 0.25) is 0 Å². The van der Waals surface area contributed by atoms with E-state index in [4.69, 9.17) is 4.52 Å². The van der Waals surface area contributed by atoms with Crippen LogP contribution in [0, 0.1) is 6.92 Å². The predicted octanol–water partition coefficient (Wildman–Crippen LogP) is 2.49. The van der Waals surface area contributed by atoms with E-state index in [1.54, 1.807) is 11.1 Å². The molecule has 0 bridgehead atoms. The molecule has 0 amide bonds. The maximum absolute atomic E-state index is 4.98. The Labute approximate surface area is 107 Å². The number of hydrogen-bond acceptors (Lipinski definition) is 4. The topological polar surface area (TPSA) is 42.2 Å². The number of allylic oxidation sites excluding steroid dienone is 1. The van der Waals surface area contributed by atoms with E-state index in [9.17, 15) is 0 Å². The largest absolute Gasteiger partial charge is 0.340 e. The highest BCUT2D eigenvalue weighted by molar-refractivity contribution is 5.85. The van der Waals surface area contributed by atoms with Crippen LogP contribution >= 0.6 is 12.4 Å². The van der Waals surface area contributed by atoms with Crippen molar-refractivity contribution < 1.29 is 4.52 Å². The first-order chi connectivity index (χ1) is 7.81. The second-order valence-corrected chi connectivity index (χ2v) is 4.71. The van der Waals surface area contributed by atoms with Gasteiger partial charge in [-0.1, -0.05) is 16.3 Å². The van der Waals surface area contributed by atoms with Gasteiger partial charge in [-0.25, -0.2) is 0 Å². The van der Waals surface area contributed by atoms with Crippen LogP contribution in [-0.4, -0.2) is 28.1 Å². The van der Waals surface area contributed by atoms with E-state index in [1.807, 2.05) is 6.92 Å². The monoisotopic (exact) mass is 255 g/mol. The fraction of sp³-hybridized carbons (Fsp3) is 0.667. The van der Waals surface area contributed by atoms with Gasteiger partial charge in [-0.15, -0.1) is 12.4 Å². The number of halogens is 1. The Bertz CT molecular complexity index is 411. The first-order valence-electron chi connectivity index (χ1n) is 6.02. The smallest absolute Gasteiger partial charge is 0.223 e. The summed E-state index contributed by atoms with van der Waals surface area (Å²) in [6.07, 6.45) is 5.21. The average Bonchev–Trinajstić information content (AvgIpc) is 3.05. The quantitative estimate of drug-likeness (QED) is 0.762. The number of aromatic nitrogens is 2. The summed E-state index contributed by atoms with van der Waals surface area (Å²) in [6, 6.07) is 0. The minimum atomic E-state index is 0. The third-order valence-electron chi connectivity index (χ3n) is 3.39. The molecule has 1 saturated carbocycles. The number of likely N-dealkylation sites (tertiary alicyclic amines) is 1. The standard InChI is InChI=1S/C12H17N3O.ClH/c1-9-13-12(14-16-9)8-15-6-4-11(5-7-15)10-2-3-10;/h2-8H2,1H3;1H. The number of nitrogens with zero attached hydrogens (tertiary/aromatic N) is 3. The van der Waals surface area contributed by atoms with Crippen LogP contribution in [0.5, 0.6) is 0 Å². The van der Waals surface area contributed by atoms with Crippen LogP contribution in [0.3, 0.4) is 0 Å². The average molecular weight is 256 g/mol. The van der Waals surface area contributed by atoms with Gasteiger partial charge in [0.05, 0.1) is 6.54 Å². The molecule has 2 fully saturated rings. The highest BCUT2D eigenvalue weighted by Gasteiger charge is 2.22. The molecule has 94 valence electrons. The normalized spacial score (nSPS) is 20.3. The van der Waals surface area contributed by atoms with Gasteiger partial charge in [0.1, 0.15) is 0 Å². The van der Waals surface area contributed by atoms with Crippen molar-refractivity contribution in [1.82, 2.24) is 15.0 Å². The van der Waals surface area contributed by atoms with Crippen molar-refractivity contribution in [2.24, 2.45) is 0 Å². The highest BCUT2D eigenvalue weighted by Crippen LogP contribution is 2.36. The maximum Gasteiger partial charge on any atom is 0.223 e. The van der Waals surface area contributed by atoms with Gasteiger partial charge in [-0.2, -0.15) is 4.98 Å². The van der Waals surface area contributed by atoms with Crippen LogP contribution in [0.15, 0.2) is 15.7 Å². The fourth-order valence-electron chi connectivity index (χ4n) is 2.36. The SMILES string of the molecule is Cc1nc(CN2CCC(=C3CC3)CC2)no1.Cl. The molecular weight excluding hydrogens is 238 g/mol. The van der Waals surface area contributed by atoms with Gasteiger partial charge in [0.15, 0.2) is 5.82 Å². The molecule has 5 heteroatoms. The van der Waals surface area contributed by atoms with E-state index >= 15 is 0 Å². The molecule has 1 aliphatic carbocycles. The van der Waals surface area contributed by atoms with E-state index < -0.39 is 0 Å². The molecule has 0 aromatic carbocycles. The van der Waals surface area contributed by atoms with Crippen LogP contribution in [-0.2, 0) is 6.54 Å². The zero-order valence-corrected chi connectivity index (χ0v) is 10.9. The van der Waals surface area contributed by atoms with Crippen molar-refractivity contribution in [2.45, 2.75) is 39.2 Å². The third-order valence-corrected chi connectivity index (χ3v) is 3.39. The third kappa shape index (κ3) is 3.07. The second kappa shape index (κ2) is 5.19. The molecule has 0 atom stereocenters. The van der Waals surface area contributed by atoms with Gasteiger partial charge in [-0.3, -0.25) is 4.90 Å². The Morgan fingerprint density at radius 1 is 1.12 bits per heavy atom. The highest BCUT2D eigenvalue weighted by atomic mass is 35.5. The van der Waals surface area contributed by atoms with Gasteiger partial charge >= 0.3 is 0 Å². The van der Waals surface area contributed by atoms with Crippen LogP contribution in [0.4, 0.5) is 0 Å². The molecule has 1 aromatic heterocycles. The zero-order valence-electron chi connectivity index (χ0n) is 10.1. The molecule has 0 N–H and O–H groups in total. The minimum absolute atomic E-state index is 0. The van der Waals surface area contributed by atoms with Crippen molar-refractivity contribution in [3.63, 3.8) is 0 Å². The minimum Gasteiger partial charge on any atom is -0.340 e. The van der Waals surface area contributed by atoms with Crippen molar-refractivity contribution in [1.29, 1.82) is 0 Å². The predicted molar refractivity (Wildman–Crippen MR) is 67.1 cm³/mol. The van der Waals surface area contributed by atoms with Crippen LogP contribution in [0.25, 0.3) is 0 Å². The van der Waals surface area contributed by atoms with E-state index in [0.29, 0.717) is 5.89 Å². The lowest BCUT2D eigenvalue weighted by Crippen LogP contribution is -2.30. The van der Waals surface area contributed by atoms with Gasteiger partial charge in [0.25, 0.3) is 0 Å². The molecule has 0 spiro atoms. The summed E-state index contributed by atoms with van der Waals surface area (Å²) < 4.78 is 4.98. The molecule has 2 aliphatic rings. The Balaban J connectivity index is 0.00000108. The number of piperidine rings is 1. The summed E-state index contributed by atoms with van der Waals surface area (Å²) in [4.78, 5) is 6.65. The number of hydrogen-bond donors (Lipinski definition) is 0. The lowest BCUT2D eigenvalue weighted by molar-refractivity contribution is 0.238. The Kier molecular flexibility index (Phi) is 3.84. The van der Waals surface area contributed by atoms with E-state index in [1.165, 1.54) is 25.7 Å². The summed E-state index contributed by atoms with van der Waals surface area (Å²) >= 11 is 0. The lowest BCUT2D eigenvalue weighted by atomic mass is 10.0. The van der Waals surface area contributed by atoms with Crippen LogP contribution < -0.4 is 0 Å². The lowest BCUT2D eigenvalue weighted by Gasteiger charge is -2.27. The number of rotatable bonds is 2. The number of aryl methyl sites for hydroxylation is 1. The summed E-state index contributed by atoms with van der Waals surface area (Å²) in [5.41, 5.74) is 3.45. The van der Waals surface area contributed by atoms with E-state index in [0.717, 1.165) is 25.5 Å². The first-order valence-corrected chi connectivity index (χ1v) is 6.02. The Hall–Kier alpha value is -0.870. The van der Waals surface area contributed by atoms with Crippen molar-refractivity contribution in [3.05, 3.63) is 22.9 Å². The molecule has 1 aliphatic heterocycles. The van der Waals surface area contributed by atoms with E-state index in [-0.39, 0.29) is 12.4 Å². The molecule has 0 unspecified atom stereocenters. The molecule has 17 heavy (non-hydrogen) atoms. The zero-order chi connectivity index (χ0) is 11.0. The van der Waals surface area contributed by atoms with Gasteiger partial charge in [0, 0.05) is 20.0 Å². The maximum atomic E-state index is 4.98. The van der Waals surface area contributed by atoms with Crippen LogP contribution in [0.1, 0.15) is 37.4 Å².